The average Bonchev–Trinajstić information content (AvgIpc) is 3.02. The Kier molecular flexibility index (Phi) is 3.21. The van der Waals surface area contributed by atoms with E-state index >= 15 is 0 Å². The third-order valence-electron chi connectivity index (χ3n) is 3.53. The van der Waals surface area contributed by atoms with Crippen LogP contribution in [0.25, 0.3) is 5.69 Å². The highest BCUT2D eigenvalue weighted by molar-refractivity contribution is 5.98. The molecule has 19 heavy (non-hydrogen) atoms. The molecule has 0 aliphatic heterocycles. The predicted octanol–water partition coefficient (Wildman–Crippen LogP) is 1.84. The van der Waals surface area contributed by atoms with Gasteiger partial charge in [-0.2, -0.15) is 5.10 Å². The van der Waals surface area contributed by atoms with Crippen molar-refractivity contribution in [2.24, 2.45) is 0 Å². The van der Waals surface area contributed by atoms with Crippen LogP contribution in [-0.2, 0) is 17.7 Å². The van der Waals surface area contributed by atoms with Crippen LogP contribution in [0.15, 0.2) is 24.7 Å². The first kappa shape index (κ1) is 12.2. The van der Waals surface area contributed by atoms with Gasteiger partial charge in [0.1, 0.15) is 0 Å². The number of nitrogens with zero attached hydrogens (tertiary/aromatic N) is 3. The lowest BCUT2D eigenvalue weighted by Crippen LogP contribution is -2.12. The van der Waals surface area contributed by atoms with E-state index in [1.807, 2.05) is 29.3 Å². The van der Waals surface area contributed by atoms with Crippen molar-refractivity contribution in [1.82, 2.24) is 14.3 Å². The minimum absolute atomic E-state index is 0.256. The topological polar surface area (TPSA) is 49.0 Å². The molecule has 100 valence electrons. The van der Waals surface area contributed by atoms with Gasteiger partial charge in [-0.25, -0.2) is 0 Å². The minimum Gasteiger partial charge on any atom is -0.383 e. The fraction of sp³-hybridized carbons (Fsp3) is 0.429. The van der Waals surface area contributed by atoms with Crippen molar-refractivity contribution in [2.75, 3.05) is 13.7 Å². The summed E-state index contributed by atoms with van der Waals surface area (Å²) in [4.78, 5) is 11.8. The number of carbonyl (C=O) groups is 1. The molecule has 0 atom stereocenters. The molecule has 0 spiro atoms. The molecular formula is C14H17N3O2. The SMILES string of the molecule is COCCn1cc(-n2ccc3c2CCCC3=O)cn1. The number of carbonyl (C=O) groups excluding carboxylic acids is 1. The molecule has 0 saturated carbocycles. The van der Waals surface area contributed by atoms with E-state index < -0.39 is 0 Å². The largest absolute Gasteiger partial charge is 0.383 e. The first-order valence-electron chi connectivity index (χ1n) is 6.55. The second-order valence-electron chi connectivity index (χ2n) is 4.78. The van der Waals surface area contributed by atoms with Gasteiger partial charge in [-0.05, 0) is 18.9 Å². The van der Waals surface area contributed by atoms with Crippen molar-refractivity contribution in [1.29, 1.82) is 0 Å². The highest BCUT2D eigenvalue weighted by Gasteiger charge is 2.21. The van der Waals surface area contributed by atoms with E-state index in [0.717, 1.165) is 36.3 Å². The summed E-state index contributed by atoms with van der Waals surface area (Å²) in [7, 11) is 1.68. The van der Waals surface area contributed by atoms with Gasteiger partial charge in [0.05, 0.1) is 25.0 Å². The van der Waals surface area contributed by atoms with Crippen LogP contribution in [0.2, 0.25) is 0 Å². The van der Waals surface area contributed by atoms with Crippen molar-refractivity contribution in [3.63, 3.8) is 0 Å². The van der Waals surface area contributed by atoms with Crippen LogP contribution in [0.4, 0.5) is 0 Å². The summed E-state index contributed by atoms with van der Waals surface area (Å²) in [5, 5.41) is 4.31. The summed E-state index contributed by atoms with van der Waals surface area (Å²) in [6.07, 6.45) is 8.34. The van der Waals surface area contributed by atoms with Gasteiger partial charge >= 0.3 is 0 Å². The maximum atomic E-state index is 11.8. The normalized spacial score (nSPS) is 14.7. The number of rotatable bonds is 4. The Labute approximate surface area is 111 Å². The molecule has 3 rings (SSSR count). The second kappa shape index (κ2) is 5.01. The summed E-state index contributed by atoms with van der Waals surface area (Å²) >= 11 is 0. The zero-order valence-electron chi connectivity index (χ0n) is 11.0. The van der Waals surface area contributed by atoms with Gasteiger partial charge < -0.3 is 9.30 Å². The number of aromatic nitrogens is 3. The fourth-order valence-corrected chi connectivity index (χ4v) is 2.55. The number of methoxy groups -OCH3 is 1. The first-order valence-corrected chi connectivity index (χ1v) is 6.55. The maximum Gasteiger partial charge on any atom is 0.164 e. The molecule has 2 aromatic heterocycles. The third-order valence-corrected chi connectivity index (χ3v) is 3.53. The number of ether oxygens (including phenoxy) is 1. The lowest BCUT2D eigenvalue weighted by atomic mass is 9.97. The Balaban J connectivity index is 1.90. The molecule has 2 heterocycles. The third kappa shape index (κ3) is 2.21. The summed E-state index contributed by atoms with van der Waals surface area (Å²) in [5.74, 6) is 0.256. The second-order valence-corrected chi connectivity index (χ2v) is 4.78. The fourth-order valence-electron chi connectivity index (χ4n) is 2.55. The summed E-state index contributed by atoms with van der Waals surface area (Å²) in [5.41, 5.74) is 2.99. The summed E-state index contributed by atoms with van der Waals surface area (Å²) < 4.78 is 8.97. The quantitative estimate of drug-likeness (QED) is 0.841. The van der Waals surface area contributed by atoms with Crippen molar-refractivity contribution >= 4 is 5.78 Å². The molecule has 1 aliphatic rings. The highest BCUT2D eigenvalue weighted by Crippen LogP contribution is 2.24. The standard InChI is InChI=1S/C14H17N3O2/c1-19-8-7-16-10-11(9-15-16)17-6-5-12-13(17)3-2-4-14(12)18/h5-6,9-10H,2-4,7-8H2,1H3. The van der Waals surface area contributed by atoms with E-state index in [-0.39, 0.29) is 5.78 Å². The van der Waals surface area contributed by atoms with Gasteiger partial charge in [0.25, 0.3) is 0 Å². The molecule has 0 unspecified atom stereocenters. The van der Waals surface area contributed by atoms with Gasteiger partial charge in [-0.1, -0.05) is 0 Å². The van der Waals surface area contributed by atoms with Gasteiger partial charge in [0.15, 0.2) is 5.78 Å². The number of hydrogen-bond acceptors (Lipinski definition) is 3. The molecule has 5 heteroatoms. The van der Waals surface area contributed by atoms with Crippen LogP contribution in [0.1, 0.15) is 28.9 Å². The minimum atomic E-state index is 0.256. The van der Waals surface area contributed by atoms with Crippen LogP contribution in [-0.4, -0.2) is 33.8 Å². The zero-order chi connectivity index (χ0) is 13.2. The summed E-state index contributed by atoms with van der Waals surface area (Å²) in [6.45, 7) is 1.38. The van der Waals surface area contributed by atoms with Crippen molar-refractivity contribution in [2.45, 2.75) is 25.8 Å². The number of Topliss-reactive ketones (excluding diaryl/α,β-unsaturated/α-hetero) is 1. The molecule has 0 radical (unpaired) electrons. The van der Waals surface area contributed by atoms with Crippen LogP contribution in [0, 0.1) is 0 Å². The van der Waals surface area contributed by atoms with Crippen molar-refractivity contribution in [3.8, 4) is 5.69 Å². The molecule has 0 fully saturated rings. The predicted molar refractivity (Wildman–Crippen MR) is 70.7 cm³/mol. The Morgan fingerprint density at radius 1 is 1.42 bits per heavy atom. The van der Waals surface area contributed by atoms with E-state index in [2.05, 4.69) is 9.67 Å². The van der Waals surface area contributed by atoms with Gasteiger partial charge in [0, 0.05) is 37.2 Å². The molecule has 0 N–H and O–H groups in total. The Morgan fingerprint density at radius 3 is 3.16 bits per heavy atom. The van der Waals surface area contributed by atoms with Crippen LogP contribution >= 0.6 is 0 Å². The molecule has 0 amide bonds. The van der Waals surface area contributed by atoms with Crippen LogP contribution in [0.3, 0.4) is 0 Å². The lowest BCUT2D eigenvalue weighted by Gasteiger charge is -2.13. The average molecular weight is 259 g/mol. The van der Waals surface area contributed by atoms with Crippen LogP contribution < -0.4 is 0 Å². The lowest BCUT2D eigenvalue weighted by molar-refractivity contribution is 0.0972. The smallest absolute Gasteiger partial charge is 0.164 e. The maximum absolute atomic E-state index is 11.8. The molecule has 0 saturated heterocycles. The molecule has 0 bridgehead atoms. The Hall–Kier alpha value is -1.88. The van der Waals surface area contributed by atoms with E-state index in [9.17, 15) is 4.79 Å². The van der Waals surface area contributed by atoms with E-state index in [4.69, 9.17) is 4.74 Å². The van der Waals surface area contributed by atoms with Crippen LogP contribution in [0.5, 0.6) is 0 Å². The van der Waals surface area contributed by atoms with E-state index in [1.165, 1.54) is 0 Å². The Bertz CT molecular complexity index is 598. The monoisotopic (exact) mass is 259 g/mol. The zero-order valence-corrected chi connectivity index (χ0v) is 11.0. The first-order chi connectivity index (χ1) is 9.29. The highest BCUT2D eigenvalue weighted by atomic mass is 16.5. The number of ketones is 1. The van der Waals surface area contributed by atoms with E-state index in [1.54, 1.807) is 7.11 Å². The Morgan fingerprint density at radius 2 is 2.32 bits per heavy atom. The van der Waals surface area contributed by atoms with Gasteiger partial charge in [0.2, 0.25) is 0 Å². The molecule has 2 aromatic rings. The molecule has 1 aliphatic carbocycles. The number of hydrogen-bond donors (Lipinski definition) is 0. The van der Waals surface area contributed by atoms with Crippen molar-refractivity contribution < 1.29 is 9.53 Å². The van der Waals surface area contributed by atoms with Gasteiger partial charge in [-0.3, -0.25) is 9.48 Å². The van der Waals surface area contributed by atoms with Crippen molar-refractivity contribution in [3.05, 3.63) is 35.9 Å². The number of fused-ring (bicyclic) bond motifs is 1. The van der Waals surface area contributed by atoms with Gasteiger partial charge in [-0.15, -0.1) is 0 Å². The van der Waals surface area contributed by atoms with E-state index in [0.29, 0.717) is 13.0 Å². The summed E-state index contributed by atoms with van der Waals surface area (Å²) in [6, 6.07) is 1.92. The molecule has 5 nitrogen and oxygen atoms in total. The molecule has 0 aromatic carbocycles. The molecular weight excluding hydrogens is 242 g/mol.